The Morgan fingerprint density at radius 1 is 1.17 bits per heavy atom. The van der Waals surface area contributed by atoms with Crippen molar-refractivity contribution in [2.75, 3.05) is 5.32 Å². The summed E-state index contributed by atoms with van der Waals surface area (Å²) in [6, 6.07) is 11.4. The summed E-state index contributed by atoms with van der Waals surface area (Å²) in [5.74, 6) is -1.48. The maximum absolute atomic E-state index is 12.6. The highest BCUT2D eigenvalue weighted by Gasteiger charge is 2.34. The standard InChI is InChI=1S/C16H12F3N3O/c1-9-3-2-4-11(7-9)20-14(23)10-5-6-12-13(8-10)22-15(21-12)16(17,18)19/h2-8H,1H3,(H,20,23)(H,21,22). The molecule has 0 bridgehead atoms. The Bertz CT molecular complexity index is 884. The van der Waals surface area contributed by atoms with Gasteiger partial charge in [-0.2, -0.15) is 13.2 Å². The minimum absolute atomic E-state index is 0.157. The molecule has 1 aromatic heterocycles. The molecule has 0 saturated heterocycles. The van der Waals surface area contributed by atoms with Crippen LogP contribution in [0, 0.1) is 6.92 Å². The first kappa shape index (κ1) is 15.1. The van der Waals surface area contributed by atoms with Gasteiger partial charge in [0.25, 0.3) is 5.91 Å². The van der Waals surface area contributed by atoms with E-state index in [9.17, 15) is 18.0 Å². The highest BCUT2D eigenvalue weighted by Crippen LogP contribution is 2.28. The van der Waals surface area contributed by atoms with Gasteiger partial charge in [-0.15, -0.1) is 0 Å². The van der Waals surface area contributed by atoms with Crippen LogP contribution in [0.2, 0.25) is 0 Å². The molecule has 3 rings (SSSR count). The maximum atomic E-state index is 12.6. The van der Waals surface area contributed by atoms with Crippen molar-refractivity contribution in [3.63, 3.8) is 0 Å². The lowest BCUT2D eigenvalue weighted by molar-refractivity contribution is -0.144. The van der Waals surface area contributed by atoms with Crippen molar-refractivity contribution in [2.24, 2.45) is 0 Å². The van der Waals surface area contributed by atoms with E-state index in [-0.39, 0.29) is 16.6 Å². The molecule has 1 amide bonds. The van der Waals surface area contributed by atoms with Gasteiger partial charge < -0.3 is 10.3 Å². The molecule has 1 heterocycles. The Morgan fingerprint density at radius 3 is 2.65 bits per heavy atom. The van der Waals surface area contributed by atoms with Crippen LogP contribution in [0.1, 0.15) is 21.7 Å². The molecule has 0 saturated carbocycles. The number of nitrogens with zero attached hydrogens (tertiary/aromatic N) is 1. The number of amides is 1. The molecular formula is C16H12F3N3O. The molecule has 0 radical (unpaired) electrons. The third-order valence-electron chi connectivity index (χ3n) is 3.29. The largest absolute Gasteiger partial charge is 0.449 e. The van der Waals surface area contributed by atoms with E-state index < -0.39 is 17.9 Å². The molecule has 7 heteroatoms. The Labute approximate surface area is 129 Å². The molecule has 2 aromatic carbocycles. The number of benzene rings is 2. The third-order valence-corrected chi connectivity index (χ3v) is 3.29. The molecule has 0 atom stereocenters. The number of hydrogen-bond donors (Lipinski definition) is 2. The van der Waals surface area contributed by atoms with Crippen LogP contribution in [0.25, 0.3) is 11.0 Å². The first-order valence-electron chi connectivity index (χ1n) is 6.78. The molecule has 0 aliphatic rings. The SMILES string of the molecule is Cc1cccc(NC(=O)c2ccc3nc(C(F)(F)F)[nH]c3c2)c1. The van der Waals surface area contributed by atoms with E-state index in [1.165, 1.54) is 18.2 Å². The van der Waals surface area contributed by atoms with Crippen LogP contribution in [0.3, 0.4) is 0 Å². The fourth-order valence-electron chi connectivity index (χ4n) is 2.21. The first-order valence-corrected chi connectivity index (χ1v) is 6.78. The van der Waals surface area contributed by atoms with Gasteiger partial charge in [0.1, 0.15) is 0 Å². The molecule has 4 nitrogen and oxygen atoms in total. The van der Waals surface area contributed by atoms with E-state index >= 15 is 0 Å². The summed E-state index contributed by atoms with van der Waals surface area (Å²) in [4.78, 5) is 17.9. The predicted octanol–water partition coefficient (Wildman–Crippen LogP) is 4.14. The van der Waals surface area contributed by atoms with Gasteiger partial charge in [-0.05, 0) is 42.8 Å². The number of rotatable bonds is 2. The number of aromatic nitrogens is 2. The lowest BCUT2D eigenvalue weighted by Crippen LogP contribution is -2.11. The van der Waals surface area contributed by atoms with E-state index in [1.54, 1.807) is 18.2 Å². The molecule has 2 N–H and O–H groups in total. The second-order valence-electron chi connectivity index (χ2n) is 5.14. The van der Waals surface area contributed by atoms with Crippen molar-refractivity contribution in [3.8, 4) is 0 Å². The van der Waals surface area contributed by atoms with Crippen molar-refractivity contribution in [1.82, 2.24) is 9.97 Å². The van der Waals surface area contributed by atoms with Crippen LogP contribution >= 0.6 is 0 Å². The number of fused-ring (bicyclic) bond motifs is 1. The van der Waals surface area contributed by atoms with Gasteiger partial charge in [-0.1, -0.05) is 12.1 Å². The van der Waals surface area contributed by atoms with E-state index in [2.05, 4.69) is 15.3 Å². The number of carbonyl (C=O) groups is 1. The van der Waals surface area contributed by atoms with Crippen molar-refractivity contribution >= 4 is 22.6 Å². The summed E-state index contributed by atoms with van der Waals surface area (Å²) < 4.78 is 37.9. The van der Waals surface area contributed by atoms with Crippen LogP contribution in [-0.2, 0) is 6.18 Å². The summed E-state index contributed by atoms with van der Waals surface area (Å²) in [7, 11) is 0. The highest BCUT2D eigenvalue weighted by molar-refractivity contribution is 6.05. The fraction of sp³-hybridized carbons (Fsp3) is 0.125. The number of imidazole rings is 1. The molecule has 0 aliphatic carbocycles. The number of anilines is 1. The molecule has 0 aliphatic heterocycles. The first-order chi connectivity index (χ1) is 10.8. The zero-order valence-corrected chi connectivity index (χ0v) is 12.0. The van der Waals surface area contributed by atoms with Gasteiger partial charge in [0.15, 0.2) is 0 Å². The Kier molecular flexibility index (Phi) is 3.55. The minimum Gasteiger partial charge on any atom is -0.334 e. The van der Waals surface area contributed by atoms with Crippen molar-refractivity contribution in [2.45, 2.75) is 13.1 Å². The zero-order chi connectivity index (χ0) is 16.6. The minimum atomic E-state index is -4.55. The lowest BCUT2D eigenvalue weighted by Gasteiger charge is -2.06. The Morgan fingerprint density at radius 2 is 1.96 bits per heavy atom. The Hall–Kier alpha value is -2.83. The van der Waals surface area contributed by atoms with E-state index in [1.807, 2.05) is 13.0 Å². The molecule has 23 heavy (non-hydrogen) atoms. The normalized spacial score (nSPS) is 11.7. The quantitative estimate of drug-likeness (QED) is 0.746. The van der Waals surface area contributed by atoms with Gasteiger partial charge in [-0.3, -0.25) is 4.79 Å². The predicted molar refractivity (Wildman–Crippen MR) is 80.2 cm³/mol. The molecule has 0 spiro atoms. The molecule has 0 fully saturated rings. The fourth-order valence-corrected chi connectivity index (χ4v) is 2.21. The average molecular weight is 319 g/mol. The van der Waals surface area contributed by atoms with Crippen LogP contribution in [0.5, 0.6) is 0 Å². The summed E-state index contributed by atoms with van der Waals surface area (Å²) in [5, 5.41) is 2.71. The van der Waals surface area contributed by atoms with Crippen LogP contribution in [-0.4, -0.2) is 15.9 Å². The van der Waals surface area contributed by atoms with Gasteiger partial charge in [0, 0.05) is 11.3 Å². The van der Waals surface area contributed by atoms with Crippen molar-refractivity contribution in [3.05, 3.63) is 59.4 Å². The summed E-state index contributed by atoms with van der Waals surface area (Å²) in [6.07, 6.45) is -4.55. The van der Waals surface area contributed by atoms with E-state index in [4.69, 9.17) is 0 Å². The number of halogens is 3. The summed E-state index contributed by atoms with van der Waals surface area (Å²) in [6.45, 7) is 1.89. The number of H-pyrrole nitrogens is 1. The number of carbonyl (C=O) groups excluding carboxylic acids is 1. The van der Waals surface area contributed by atoms with Crippen LogP contribution < -0.4 is 5.32 Å². The third kappa shape index (κ3) is 3.18. The van der Waals surface area contributed by atoms with Gasteiger partial charge in [-0.25, -0.2) is 4.98 Å². The van der Waals surface area contributed by atoms with E-state index in [0.29, 0.717) is 5.69 Å². The smallest absolute Gasteiger partial charge is 0.334 e. The van der Waals surface area contributed by atoms with Crippen molar-refractivity contribution < 1.29 is 18.0 Å². The number of alkyl halides is 3. The number of hydrogen-bond acceptors (Lipinski definition) is 2. The van der Waals surface area contributed by atoms with Gasteiger partial charge in [0.2, 0.25) is 5.82 Å². The Balaban J connectivity index is 1.89. The molecule has 3 aromatic rings. The molecule has 118 valence electrons. The molecule has 0 unspecified atom stereocenters. The topological polar surface area (TPSA) is 57.8 Å². The number of aryl methyl sites for hydroxylation is 1. The highest BCUT2D eigenvalue weighted by atomic mass is 19.4. The number of aromatic amines is 1. The monoisotopic (exact) mass is 319 g/mol. The molecular weight excluding hydrogens is 307 g/mol. The summed E-state index contributed by atoms with van der Waals surface area (Å²) >= 11 is 0. The van der Waals surface area contributed by atoms with Gasteiger partial charge in [0.05, 0.1) is 11.0 Å². The summed E-state index contributed by atoms with van der Waals surface area (Å²) in [5.41, 5.74) is 2.17. The van der Waals surface area contributed by atoms with Crippen molar-refractivity contribution in [1.29, 1.82) is 0 Å². The average Bonchev–Trinajstić information content (AvgIpc) is 2.90. The second kappa shape index (κ2) is 5.42. The van der Waals surface area contributed by atoms with Crippen LogP contribution in [0.15, 0.2) is 42.5 Å². The van der Waals surface area contributed by atoms with E-state index in [0.717, 1.165) is 5.56 Å². The number of nitrogens with one attached hydrogen (secondary N) is 2. The maximum Gasteiger partial charge on any atom is 0.449 e. The lowest BCUT2D eigenvalue weighted by atomic mass is 10.1. The second-order valence-corrected chi connectivity index (χ2v) is 5.14. The van der Waals surface area contributed by atoms with Gasteiger partial charge >= 0.3 is 6.18 Å². The van der Waals surface area contributed by atoms with Crippen LogP contribution in [0.4, 0.5) is 18.9 Å². The zero-order valence-electron chi connectivity index (χ0n) is 12.0.